The number of carbonyl (C=O) groups excluding carboxylic acids is 2. The predicted molar refractivity (Wildman–Crippen MR) is 135 cm³/mol. The van der Waals surface area contributed by atoms with Crippen molar-refractivity contribution in [3.8, 4) is 0 Å². The third kappa shape index (κ3) is 9.81. The fourth-order valence-corrected chi connectivity index (χ4v) is 6.18. The first-order chi connectivity index (χ1) is 15.2. The third-order valence-electron chi connectivity index (χ3n) is 4.87. The van der Waals surface area contributed by atoms with Crippen molar-refractivity contribution in [2.75, 3.05) is 12.3 Å². The highest BCUT2D eigenvalue weighted by Gasteiger charge is 2.17. The van der Waals surface area contributed by atoms with Crippen LogP contribution >= 0.6 is 21.6 Å². The van der Waals surface area contributed by atoms with E-state index in [1.54, 1.807) is 28.8 Å². The lowest BCUT2D eigenvalue weighted by atomic mass is 10.2. The van der Waals surface area contributed by atoms with E-state index >= 15 is 0 Å². The Hall–Kier alpha value is -1.74. The fourth-order valence-electron chi connectivity index (χ4n) is 2.92. The molecule has 0 radical (unpaired) electrons. The number of carbonyl (C=O) groups is 2. The number of anilines is 1. The van der Waals surface area contributed by atoms with Gasteiger partial charge in [-0.05, 0) is 26.7 Å². The molecule has 180 valence electrons. The molecular weight excluding hydrogens is 444 g/mol. The van der Waals surface area contributed by atoms with Crippen LogP contribution in [0.1, 0.15) is 78.1 Å². The van der Waals surface area contributed by atoms with Gasteiger partial charge in [0.2, 0.25) is 6.41 Å². The van der Waals surface area contributed by atoms with E-state index in [4.69, 9.17) is 10.5 Å². The average Bonchev–Trinajstić information content (AvgIpc) is 2.75. The molecule has 1 aromatic heterocycles. The van der Waals surface area contributed by atoms with Gasteiger partial charge in [-0.25, -0.2) is 9.97 Å². The van der Waals surface area contributed by atoms with Crippen LogP contribution in [0.15, 0.2) is 16.8 Å². The Morgan fingerprint density at radius 3 is 2.47 bits per heavy atom. The molecule has 0 aliphatic heterocycles. The molecule has 0 fully saturated rings. The maximum atomic E-state index is 12.0. The first-order valence-corrected chi connectivity index (χ1v) is 13.4. The van der Waals surface area contributed by atoms with Gasteiger partial charge in [-0.2, -0.15) is 0 Å². The number of nitrogens with two attached hydrogens (primary N) is 1. The molecule has 0 saturated carbocycles. The fraction of sp³-hybridized carbons (Fsp3) is 0.652. The smallest absolute Gasteiger partial charge is 0.308 e. The summed E-state index contributed by atoms with van der Waals surface area (Å²) in [6, 6.07) is 0. The number of hydrogen-bond acceptors (Lipinski definition) is 8. The van der Waals surface area contributed by atoms with Crippen molar-refractivity contribution >= 4 is 39.8 Å². The summed E-state index contributed by atoms with van der Waals surface area (Å²) in [5, 5.41) is 0.543. The molecule has 7 nitrogen and oxygen atoms in total. The Balaban J connectivity index is 3.05. The Kier molecular flexibility index (Phi) is 13.4. The second-order valence-electron chi connectivity index (χ2n) is 8.02. The van der Waals surface area contributed by atoms with E-state index in [0.29, 0.717) is 28.9 Å². The minimum atomic E-state index is -0.216. The summed E-state index contributed by atoms with van der Waals surface area (Å²) in [6.45, 7) is 12.3. The standard InChI is InChI=1S/C23H38N4O3S2/c1-7-9-20(10-8-2)31-32-21(11-12-30-23(29)16(3)4)17(5)27(15-28)14-19-13-25-18(6)26-22(19)24/h13,15-16,20H,7-12,14H2,1-6H3,(H2,24,25,26)/b21-17+. The summed E-state index contributed by atoms with van der Waals surface area (Å²) in [4.78, 5) is 34.9. The van der Waals surface area contributed by atoms with E-state index < -0.39 is 0 Å². The Labute approximate surface area is 200 Å². The van der Waals surface area contributed by atoms with Gasteiger partial charge >= 0.3 is 5.97 Å². The number of amides is 1. The van der Waals surface area contributed by atoms with Crippen LogP contribution in [0, 0.1) is 12.8 Å². The summed E-state index contributed by atoms with van der Waals surface area (Å²) in [5.74, 6) is 0.581. The van der Waals surface area contributed by atoms with Crippen LogP contribution in [0.3, 0.4) is 0 Å². The topological polar surface area (TPSA) is 98.4 Å². The average molecular weight is 483 g/mol. The van der Waals surface area contributed by atoms with Crippen LogP contribution in [-0.4, -0.2) is 39.1 Å². The molecule has 9 heteroatoms. The quantitative estimate of drug-likeness (QED) is 0.199. The number of allylic oxidation sites excluding steroid dienone is 1. The summed E-state index contributed by atoms with van der Waals surface area (Å²) in [7, 11) is 3.52. The Morgan fingerprint density at radius 2 is 1.94 bits per heavy atom. The highest BCUT2D eigenvalue weighted by molar-refractivity contribution is 8.78. The minimum Gasteiger partial charge on any atom is -0.465 e. The predicted octanol–water partition coefficient (Wildman–Crippen LogP) is 5.50. The maximum Gasteiger partial charge on any atom is 0.308 e. The lowest BCUT2D eigenvalue weighted by molar-refractivity contribution is -0.147. The van der Waals surface area contributed by atoms with Gasteiger partial charge in [0.15, 0.2) is 0 Å². The van der Waals surface area contributed by atoms with Crippen LogP contribution in [0.4, 0.5) is 5.82 Å². The van der Waals surface area contributed by atoms with Gasteiger partial charge in [0, 0.05) is 34.0 Å². The van der Waals surface area contributed by atoms with Crippen molar-refractivity contribution in [1.82, 2.24) is 14.9 Å². The molecule has 0 bridgehead atoms. The molecule has 0 aliphatic carbocycles. The SMILES string of the molecule is CCCC(CCC)SS/C(CCOC(=O)C(C)C)=C(\C)N(C=O)Cc1cnc(C)nc1N. The van der Waals surface area contributed by atoms with Crippen LogP contribution < -0.4 is 5.73 Å². The molecule has 0 unspecified atom stereocenters. The van der Waals surface area contributed by atoms with Crippen molar-refractivity contribution in [1.29, 1.82) is 0 Å². The number of aryl methyl sites for hydroxylation is 1. The van der Waals surface area contributed by atoms with Gasteiger partial charge in [-0.1, -0.05) is 62.1 Å². The highest BCUT2D eigenvalue weighted by atomic mass is 33.1. The van der Waals surface area contributed by atoms with Crippen LogP contribution in [-0.2, 0) is 20.9 Å². The van der Waals surface area contributed by atoms with E-state index in [-0.39, 0.29) is 25.0 Å². The van der Waals surface area contributed by atoms with Crippen LogP contribution in [0.2, 0.25) is 0 Å². The van der Waals surface area contributed by atoms with Gasteiger partial charge in [-0.15, -0.1) is 0 Å². The van der Waals surface area contributed by atoms with Crippen molar-refractivity contribution in [3.63, 3.8) is 0 Å². The van der Waals surface area contributed by atoms with Gasteiger partial charge in [0.25, 0.3) is 0 Å². The molecule has 0 spiro atoms. The molecule has 1 amide bonds. The summed E-state index contributed by atoms with van der Waals surface area (Å²) < 4.78 is 5.41. The maximum absolute atomic E-state index is 12.0. The summed E-state index contributed by atoms with van der Waals surface area (Å²) >= 11 is 0. The van der Waals surface area contributed by atoms with Crippen molar-refractivity contribution in [2.45, 2.75) is 85.4 Å². The molecule has 2 N–H and O–H groups in total. The lowest BCUT2D eigenvalue weighted by Crippen LogP contribution is -2.22. The Morgan fingerprint density at radius 1 is 1.28 bits per heavy atom. The van der Waals surface area contributed by atoms with Crippen molar-refractivity contribution in [3.05, 3.63) is 28.2 Å². The van der Waals surface area contributed by atoms with Crippen LogP contribution in [0.5, 0.6) is 0 Å². The van der Waals surface area contributed by atoms with Gasteiger partial charge < -0.3 is 15.4 Å². The molecule has 1 aromatic rings. The monoisotopic (exact) mass is 482 g/mol. The van der Waals surface area contributed by atoms with Crippen LogP contribution in [0.25, 0.3) is 0 Å². The lowest BCUT2D eigenvalue weighted by Gasteiger charge is -2.23. The molecule has 0 aromatic carbocycles. The molecule has 0 atom stereocenters. The summed E-state index contributed by atoms with van der Waals surface area (Å²) in [6.07, 6.45) is 7.58. The molecular formula is C23H38N4O3S2. The number of rotatable bonds is 15. The molecule has 0 aliphatic rings. The Bertz CT molecular complexity index is 766. The zero-order valence-corrected chi connectivity index (χ0v) is 21.9. The van der Waals surface area contributed by atoms with E-state index in [1.165, 1.54) is 0 Å². The third-order valence-corrected chi connectivity index (χ3v) is 8.12. The second kappa shape index (κ2) is 15.2. The molecule has 0 saturated heterocycles. The zero-order valence-electron chi connectivity index (χ0n) is 20.2. The van der Waals surface area contributed by atoms with Gasteiger partial charge in [0.05, 0.1) is 19.1 Å². The molecule has 1 rings (SSSR count). The number of nitrogens with zero attached hydrogens (tertiary/aromatic N) is 3. The summed E-state index contributed by atoms with van der Waals surface area (Å²) in [5.41, 5.74) is 7.55. The first kappa shape index (κ1) is 28.3. The van der Waals surface area contributed by atoms with E-state index in [0.717, 1.165) is 42.7 Å². The number of esters is 1. The first-order valence-electron chi connectivity index (χ1n) is 11.2. The largest absolute Gasteiger partial charge is 0.465 e. The molecule has 32 heavy (non-hydrogen) atoms. The van der Waals surface area contributed by atoms with Crippen molar-refractivity contribution in [2.24, 2.45) is 5.92 Å². The molecule has 1 heterocycles. The zero-order chi connectivity index (χ0) is 24.1. The highest BCUT2D eigenvalue weighted by Crippen LogP contribution is 2.41. The van der Waals surface area contributed by atoms with E-state index in [2.05, 4.69) is 23.8 Å². The number of ether oxygens (including phenoxy) is 1. The number of nitrogen functional groups attached to an aromatic ring is 1. The number of aromatic nitrogens is 2. The van der Waals surface area contributed by atoms with E-state index in [1.807, 2.05) is 31.6 Å². The number of hydrogen-bond donors (Lipinski definition) is 1. The van der Waals surface area contributed by atoms with Crippen molar-refractivity contribution < 1.29 is 14.3 Å². The van der Waals surface area contributed by atoms with Gasteiger partial charge in [-0.3, -0.25) is 9.59 Å². The van der Waals surface area contributed by atoms with Gasteiger partial charge in [0.1, 0.15) is 11.6 Å². The van der Waals surface area contributed by atoms with E-state index in [9.17, 15) is 9.59 Å². The minimum absolute atomic E-state index is 0.167. The second-order valence-corrected chi connectivity index (χ2v) is 10.6. The normalized spacial score (nSPS) is 12.1.